The zero-order valence-corrected chi connectivity index (χ0v) is 32.3. The molecule has 2 aromatic carbocycles. The molecule has 4 aromatic rings. The normalized spacial score (nSPS) is 11.8. The SMILES string of the molecule is C=CC(=O)OCCN(CC)c1ccc(N=Nc2nc3sc(N=Nc4ccc(OCCCCCCCCCOC(=O)C(C)OC(=O)C=C)cc4)cc3s2)cc1. The Morgan fingerprint density at radius 2 is 1.41 bits per heavy atom. The van der Waals surface area contributed by atoms with Crippen LogP contribution in [0.15, 0.2) is 100 Å². The molecule has 0 fully saturated rings. The summed E-state index contributed by atoms with van der Waals surface area (Å²) in [6, 6.07) is 17.2. The minimum Gasteiger partial charge on any atom is -0.494 e. The number of nitrogens with zero attached hydrogens (tertiary/aromatic N) is 6. The van der Waals surface area contributed by atoms with Crippen molar-refractivity contribution < 1.29 is 33.3 Å². The largest absolute Gasteiger partial charge is 0.494 e. The van der Waals surface area contributed by atoms with Gasteiger partial charge in [-0.05, 0) is 81.3 Å². The van der Waals surface area contributed by atoms with Gasteiger partial charge in [-0.2, -0.15) is 0 Å². The number of rotatable bonds is 24. The van der Waals surface area contributed by atoms with Gasteiger partial charge in [0.15, 0.2) is 6.10 Å². The Morgan fingerprint density at radius 3 is 2.06 bits per heavy atom. The maximum Gasteiger partial charge on any atom is 0.347 e. The predicted octanol–water partition coefficient (Wildman–Crippen LogP) is 10.5. The summed E-state index contributed by atoms with van der Waals surface area (Å²) < 4.78 is 21.9. The predicted molar refractivity (Wildman–Crippen MR) is 212 cm³/mol. The maximum atomic E-state index is 11.8. The van der Waals surface area contributed by atoms with Crippen LogP contribution in [0.25, 0.3) is 9.53 Å². The smallest absolute Gasteiger partial charge is 0.347 e. The van der Waals surface area contributed by atoms with Crippen molar-refractivity contribution in [3.05, 3.63) is 79.9 Å². The average Bonchev–Trinajstić information content (AvgIpc) is 3.76. The summed E-state index contributed by atoms with van der Waals surface area (Å²) in [7, 11) is 0. The van der Waals surface area contributed by atoms with Gasteiger partial charge < -0.3 is 23.8 Å². The number of thiazole rings is 1. The molecule has 0 aliphatic carbocycles. The summed E-state index contributed by atoms with van der Waals surface area (Å²) in [5.41, 5.74) is 2.43. The fourth-order valence-electron chi connectivity index (χ4n) is 4.97. The summed E-state index contributed by atoms with van der Waals surface area (Å²) in [6.45, 7) is 12.8. The number of benzene rings is 2. The Kier molecular flexibility index (Phi) is 17.4. The van der Waals surface area contributed by atoms with Crippen LogP contribution in [0.4, 0.5) is 27.2 Å². The minimum atomic E-state index is -0.928. The van der Waals surface area contributed by atoms with E-state index in [-0.39, 0.29) is 6.61 Å². The summed E-state index contributed by atoms with van der Waals surface area (Å²) in [5, 5.41) is 18.8. The van der Waals surface area contributed by atoms with Gasteiger partial charge in [-0.25, -0.2) is 19.4 Å². The van der Waals surface area contributed by atoms with Crippen molar-refractivity contribution >= 4 is 77.3 Å². The van der Waals surface area contributed by atoms with Crippen LogP contribution < -0.4 is 9.64 Å². The fraction of sp³-hybridized carbons (Fsp3) is 0.385. The monoisotopic (exact) mass is 774 g/mol. The van der Waals surface area contributed by atoms with Crippen molar-refractivity contribution in [3.8, 4) is 5.75 Å². The lowest BCUT2D eigenvalue weighted by Crippen LogP contribution is -2.27. The highest BCUT2D eigenvalue weighted by Crippen LogP contribution is 2.39. The molecule has 0 bridgehead atoms. The molecule has 13 nitrogen and oxygen atoms in total. The van der Waals surface area contributed by atoms with Gasteiger partial charge in [-0.3, -0.25) is 0 Å². The lowest BCUT2D eigenvalue weighted by molar-refractivity contribution is -0.163. The van der Waals surface area contributed by atoms with E-state index in [0.717, 1.165) is 95.3 Å². The van der Waals surface area contributed by atoms with E-state index in [0.29, 0.717) is 30.6 Å². The van der Waals surface area contributed by atoms with E-state index in [2.05, 4.69) is 43.5 Å². The molecule has 1 atom stereocenters. The number of hydrogen-bond donors (Lipinski definition) is 0. The highest BCUT2D eigenvalue weighted by atomic mass is 32.1. The third-order valence-corrected chi connectivity index (χ3v) is 9.81. The van der Waals surface area contributed by atoms with Gasteiger partial charge in [0.05, 0.1) is 35.8 Å². The molecule has 15 heteroatoms. The molecule has 0 saturated carbocycles. The number of ether oxygens (including phenoxy) is 4. The molecule has 0 N–H and O–H groups in total. The number of hydrogen-bond acceptors (Lipinski definition) is 15. The van der Waals surface area contributed by atoms with E-state index in [9.17, 15) is 14.4 Å². The molecule has 0 spiro atoms. The van der Waals surface area contributed by atoms with Crippen LogP contribution in [0.1, 0.15) is 58.8 Å². The zero-order valence-electron chi connectivity index (χ0n) is 30.7. The molecule has 0 amide bonds. The third kappa shape index (κ3) is 14.3. The summed E-state index contributed by atoms with van der Waals surface area (Å²) in [4.78, 5) is 41.7. The second-order valence-corrected chi connectivity index (χ2v) is 13.9. The number of unbranched alkanes of at least 4 members (excludes halogenated alkanes) is 6. The Bertz CT molecular complexity index is 1840. The van der Waals surface area contributed by atoms with E-state index in [1.165, 1.54) is 29.6 Å². The standard InChI is InChI=1S/C39H46N6O7S2/c1-5-35(46)50-26-23-45(7-3)31-19-15-29(16-20-31)42-44-39-40-37-33(53-39)27-34(54-37)43-41-30-17-21-32(22-18-30)49-24-13-11-9-8-10-12-14-25-51-38(48)28(4)52-36(47)6-2/h5-6,15-22,27-28H,1-2,7-14,23-26H2,3-4H3. The number of likely N-dealkylation sites (N-methyl/N-ethyl adjacent to an activating group) is 1. The third-order valence-electron chi connectivity index (χ3n) is 7.88. The van der Waals surface area contributed by atoms with Crippen molar-refractivity contribution in [3.63, 3.8) is 0 Å². The van der Waals surface area contributed by atoms with E-state index in [4.69, 9.17) is 18.9 Å². The Morgan fingerprint density at radius 1 is 0.778 bits per heavy atom. The highest BCUT2D eigenvalue weighted by Gasteiger charge is 2.17. The Labute approximate surface area is 323 Å². The van der Waals surface area contributed by atoms with Crippen LogP contribution in [-0.4, -0.2) is 61.9 Å². The molecule has 2 heterocycles. The maximum absolute atomic E-state index is 11.8. The first-order valence-corrected chi connectivity index (χ1v) is 19.5. The number of carbonyl (C=O) groups excluding carboxylic acids is 3. The molecular weight excluding hydrogens is 729 g/mol. The van der Waals surface area contributed by atoms with Crippen LogP contribution in [0.3, 0.4) is 0 Å². The van der Waals surface area contributed by atoms with Crippen LogP contribution in [0.2, 0.25) is 0 Å². The number of fused-ring (bicyclic) bond motifs is 1. The Balaban J connectivity index is 1.10. The quantitative estimate of drug-likeness (QED) is 0.0222. The number of esters is 3. The fourth-order valence-corrected chi connectivity index (χ4v) is 6.82. The zero-order chi connectivity index (χ0) is 38.5. The van der Waals surface area contributed by atoms with Gasteiger partial charge in [-0.1, -0.05) is 67.9 Å². The molecular formula is C39H46N6O7S2. The van der Waals surface area contributed by atoms with Crippen molar-refractivity contribution in [2.75, 3.05) is 37.8 Å². The molecule has 4 rings (SSSR count). The first kappa shape index (κ1) is 41.5. The number of azo groups is 2. The molecule has 0 saturated heterocycles. The van der Waals surface area contributed by atoms with Gasteiger partial charge in [0.25, 0.3) is 0 Å². The topological polar surface area (TPSA) is 154 Å². The van der Waals surface area contributed by atoms with Gasteiger partial charge in [0.2, 0.25) is 5.13 Å². The summed E-state index contributed by atoms with van der Waals surface area (Å²) in [6.07, 6.45) is 8.35. The highest BCUT2D eigenvalue weighted by molar-refractivity contribution is 7.30. The molecule has 2 aromatic heterocycles. The van der Waals surface area contributed by atoms with Crippen molar-refractivity contribution in [2.45, 2.75) is 64.9 Å². The van der Waals surface area contributed by atoms with E-state index in [1.54, 1.807) is 0 Å². The van der Waals surface area contributed by atoms with E-state index in [1.807, 2.05) is 61.5 Å². The Hall–Kier alpha value is -5.28. The number of carbonyl (C=O) groups is 3. The van der Waals surface area contributed by atoms with Crippen LogP contribution in [0.5, 0.6) is 5.75 Å². The molecule has 1 unspecified atom stereocenters. The number of anilines is 1. The molecule has 0 aliphatic rings. The summed E-state index contributed by atoms with van der Waals surface area (Å²) >= 11 is 2.89. The lowest BCUT2D eigenvalue weighted by atomic mass is 10.1. The second-order valence-electron chi connectivity index (χ2n) is 11.9. The van der Waals surface area contributed by atoms with E-state index < -0.39 is 24.0 Å². The van der Waals surface area contributed by atoms with Gasteiger partial charge in [0, 0.05) is 24.4 Å². The van der Waals surface area contributed by atoms with Gasteiger partial charge in [-0.15, -0.1) is 20.5 Å². The molecule has 54 heavy (non-hydrogen) atoms. The van der Waals surface area contributed by atoms with Crippen molar-refractivity contribution in [1.82, 2.24) is 4.98 Å². The molecule has 0 radical (unpaired) electrons. The van der Waals surface area contributed by atoms with Crippen LogP contribution in [0, 0.1) is 0 Å². The second kappa shape index (κ2) is 22.7. The minimum absolute atomic E-state index is 0.283. The first-order valence-electron chi connectivity index (χ1n) is 17.9. The van der Waals surface area contributed by atoms with Crippen LogP contribution >= 0.6 is 22.7 Å². The lowest BCUT2D eigenvalue weighted by Gasteiger charge is -2.22. The van der Waals surface area contributed by atoms with Crippen molar-refractivity contribution in [2.24, 2.45) is 20.5 Å². The van der Waals surface area contributed by atoms with Crippen molar-refractivity contribution in [1.29, 1.82) is 0 Å². The molecule has 286 valence electrons. The van der Waals surface area contributed by atoms with Crippen LogP contribution in [-0.2, 0) is 28.6 Å². The van der Waals surface area contributed by atoms with Gasteiger partial charge in [0.1, 0.15) is 22.2 Å². The number of aromatic nitrogens is 1. The van der Waals surface area contributed by atoms with Gasteiger partial charge >= 0.3 is 17.9 Å². The molecule has 0 aliphatic heterocycles. The van der Waals surface area contributed by atoms with E-state index >= 15 is 0 Å². The summed E-state index contributed by atoms with van der Waals surface area (Å²) in [5.74, 6) is -0.817. The first-order chi connectivity index (χ1) is 26.3. The average molecular weight is 775 g/mol. The number of thiophene rings is 1.